The van der Waals surface area contributed by atoms with E-state index in [-0.39, 0.29) is 0 Å². The number of allylic oxidation sites excluding steroid dienone is 1. The van der Waals surface area contributed by atoms with E-state index in [0.717, 1.165) is 14.9 Å². The first kappa shape index (κ1) is 5.80. The predicted octanol–water partition coefficient (Wildman–Crippen LogP) is 1.91. The Kier molecular flexibility index (Phi) is 2.07. The summed E-state index contributed by atoms with van der Waals surface area (Å²) in [6.07, 6.45) is 2.63. The van der Waals surface area contributed by atoms with Crippen LogP contribution in [0.15, 0.2) is 11.8 Å². The fourth-order valence-corrected chi connectivity index (χ4v) is 0.917. The average molecular weight is 130 g/mol. The highest BCUT2D eigenvalue weighted by molar-refractivity contribution is 7.33. The standard InChI is InChI=1S/C5H7O2P/c1-2-5-3-6-7-8-4-5/h3-4H,2H2,1H3. The molecule has 1 aliphatic heterocycles. The van der Waals surface area contributed by atoms with Crippen molar-refractivity contribution in [3.05, 3.63) is 11.8 Å². The van der Waals surface area contributed by atoms with Crippen molar-refractivity contribution in [3.8, 4) is 0 Å². The van der Waals surface area contributed by atoms with Crippen molar-refractivity contribution in [2.45, 2.75) is 13.3 Å². The fourth-order valence-electron chi connectivity index (χ4n) is 0.402. The minimum atomic E-state index is 0.793. The molecule has 0 aromatic carbocycles. The van der Waals surface area contributed by atoms with Crippen molar-refractivity contribution in [1.29, 1.82) is 0 Å². The van der Waals surface area contributed by atoms with E-state index in [1.165, 1.54) is 5.57 Å². The van der Waals surface area contributed by atoms with E-state index in [1.54, 1.807) is 6.26 Å². The first-order valence-corrected chi connectivity index (χ1v) is 3.36. The van der Waals surface area contributed by atoms with E-state index in [2.05, 4.69) is 16.5 Å². The molecule has 44 valence electrons. The minimum absolute atomic E-state index is 0.793. The summed E-state index contributed by atoms with van der Waals surface area (Å²) < 4.78 is 4.54. The Morgan fingerprint density at radius 1 is 1.75 bits per heavy atom. The molecular weight excluding hydrogens is 123 g/mol. The van der Waals surface area contributed by atoms with E-state index < -0.39 is 0 Å². The monoisotopic (exact) mass is 130 g/mol. The highest BCUT2D eigenvalue weighted by Crippen LogP contribution is 2.11. The zero-order valence-electron chi connectivity index (χ0n) is 4.63. The van der Waals surface area contributed by atoms with Crippen LogP contribution in [0.5, 0.6) is 0 Å². The Bertz CT molecular complexity index is 128. The zero-order chi connectivity index (χ0) is 5.82. The van der Waals surface area contributed by atoms with Crippen LogP contribution in [0.2, 0.25) is 0 Å². The zero-order valence-corrected chi connectivity index (χ0v) is 5.52. The number of hydrogen-bond donors (Lipinski definition) is 0. The first-order chi connectivity index (χ1) is 3.93. The van der Waals surface area contributed by atoms with Crippen LogP contribution in [-0.4, -0.2) is 5.80 Å². The van der Waals surface area contributed by atoms with Gasteiger partial charge in [-0.15, -0.1) is 4.67 Å². The van der Waals surface area contributed by atoms with Crippen LogP contribution >= 0.6 is 8.43 Å². The molecular formula is C5H7O2P. The molecule has 0 radical (unpaired) electrons. The highest BCUT2D eigenvalue weighted by atomic mass is 31.1. The average Bonchev–Trinajstić information content (AvgIpc) is 1.90. The summed E-state index contributed by atoms with van der Waals surface area (Å²) >= 11 is 0. The molecule has 8 heavy (non-hydrogen) atoms. The largest absolute Gasteiger partial charge is 0.336 e. The minimum Gasteiger partial charge on any atom is -0.336 e. The van der Waals surface area contributed by atoms with Crippen LogP contribution < -0.4 is 0 Å². The van der Waals surface area contributed by atoms with E-state index in [9.17, 15) is 0 Å². The Labute approximate surface area is 49.9 Å². The second-order valence-electron chi connectivity index (χ2n) is 1.45. The molecule has 0 saturated carbocycles. The van der Waals surface area contributed by atoms with Crippen LogP contribution in [0.25, 0.3) is 0 Å². The van der Waals surface area contributed by atoms with Gasteiger partial charge in [-0.25, -0.2) is 0 Å². The summed E-state index contributed by atoms with van der Waals surface area (Å²) in [5.41, 5.74) is 1.19. The maximum Gasteiger partial charge on any atom is 0.134 e. The molecule has 0 amide bonds. The van der Waals surface area contributed by atoms with Gasteiger partial charge in [-0.1, -0.05) is 6.92 Å². The van der Waals surface area contributed by atoms with Gasteiger partial charge >= 0.3 is 0 Å². The van der Waals surface area contributed by atoms with Crippen LogP contribution in [0, 0.1) is 0 Å². The van der Waals surface area contributed by atoms with Crippen molar-refractivity contribution in [1.82, 2.24) is 0 Å². The topological polar surface area (TPSA) is 18.5 Å². The Hall–Kier alpha value is -0.330. The van der Waals surface area contributed by atoms with Gasteiger partial charge in [-0.05, 0) is 17.8 Å². The van der Waals surface area contributed by atoms with E-state index >= 15 is 0 Å². The molecule has 1 rings (SSSR count). The van der Waals surface area contributed by atoms with Gasteiger partial charge in [-0.3, -0.25) is 0 Å². The van der Waals surface area contributed by atoms with Crippen molar-refractivity contribution >= 4 is 14.2 Å². The molecule has 0 unspecified atom stereocenters. The Morgan fingerprint density at radius 3 is 3.00 bits per heavy atom. The molecule has 1 heterocycles. The summed E-state index contributed by atoms with van der Waals surface area (Å²) in [5, 5.41) is 0. The third-order valence-corrected chi connectivity index (χ3v) is 1.52. The Balaban J connectivity index is 2.51. The fraction of sp³-hybridized carbons (Fsp3) is 0.400. The van der Waals surface area contributed by atoms with Crippen LogP contribution in [-0.2, 0) is 9.56 Å². The lowest BCUT2D eigenvalue weighted by molar-refractivity contribution is -0.134. The lowest BCUT2D eigenvalue weighted by atomic mass is 10.3. The molecule has 2 nitrogen and oxygen atoms in total. The van der Waals surface area contributed by atoms with E-state index in [4.69, 9.17) is 0 Å². The quantitative estimate of drug-likeness (QED) is 0.398. The van der Waals surface area contributed by atoms with Gasteiger partial charge in [-0.2, -0.15) is 0 Å². The van der Waals surface area contributed by atoms with Crippen LogP contribution in [0.3, 0.4) is 0 Å². The van der Waals surface area contributed by atoms with Crippen molar-refractivity contribution in [3.63, 3.8) is 0 Å². The smallest absolute Gasteiger partial charge is 0.134 e. The van der Waals surface area contributed by atoms with Crippen molar-refractivity contribution in [2.24, 2.45) is 0 Å². The molecule has 0 aromatic heterocycles. The highest BCUT2D eigenvalue weighted by Gasteiger charge is 1.93. The summed E-state index contributed by atoms with van der Waals surface area (Å²) in [4.78, 5) is 4.57. The van der Waals surface area contributed by atoms with Gasteiger partial charge in [0.1, 0.15) is 14.7 Å². The summed E-state index contributed by atoms with van der Waals surface area (Å²) in [6.45, 7) is 2.08. The SMILES string of the molecule is CCC1=COOP=C1. The van der Waals surface area contributed by atoms with Gasteiger partial charge < -0.3 is 4.89 Å². The maximum atomic E-state index is 4.57. The molecule has 0 fully saturated rings. The Morgan fingerprint density at radius 2 is 2.62 bits per heavy atom. The van der Waals surface area contributed by atoms with Crippen LogP contribution in [0.4, 0.5) is 0 Å². The van der Waals surface area contributed by atoms with Crippen molar-refractivity contribution < 1.29 is 9.56 Å². The maximum absolute atomic E-state index is 4.57. The van der Waals surface area contributed by atoms with Gasteiger partial charge in [0.2, 0.25) is 0 Å². The lowest BCUT2D eigenvalue weighted by Crippen LogP contribution is -1.87. The number of hydrogen-bond acceptors (Lipinski definition) is 2. The second-order valence-corrected chi connectivity index (χ2v) is 2.07. The first-order valence-electron chi connectivity index (χ1n) is 2.48. The summed E-state index contributed by atoms with van der Waals surface area (Å²) in [6, 6.07) is 0. The molecule has 0 atom stereocenters. The molecule has 0 N–H and O–H groups in total. The molecule has 1 aliphatic rings. The molecule has 0 aromatic rings. The molecule has 0 aliphatic carbocycles. The van der Waals surface area contributed by atoms with Crippen molar-refractivity contribution in [2.75, 3.05) is 0 Å². The van der Waals surface area contributed by atoms with Gasteiger partial charge in [0.05, 0.1) is 0 Å². The van der Waals surface area contributed by atoms with Gasteiger partial charge in [0.15, 0.2) is 0 Å². The van der Waals surface area contributed by atoms with Gasteiger partial charge in [0.25, 0.3) is 0 Å². The summed E-state index contributed by atoms with van der Waals surface area (Å²) in [7, 11) is 0.793. The van der Waals surface area contributed by atoms with E-state index in [1.807, 2.05) is 5.80 Å². The molecule has 0 spiro atoms. The number of rotatable bonds is 1. The van der Waals surface area contributed by atoms with E-state index in [0.29, 0.717) is 0 Å². The summed E-state index contributed by atoms with van der Waals surface area (Å²) in [5.74, 6) is 1.98. The normalized spacial score (nSPS) is 19.4. The third kappa shape index (κ3) is 1.32. The molecule has 0 bridgehead atoms. The molecule has 3 heteroatoms. The molecule has 0 saturated heterocycles. The van der Waals surface area contributed by atoms with Crippen LogP contribution in [0.1, 0.15) is 13.3 Å². The second kappa shape index (κ2) is 2.85. The third-order valence-electron chi connectivity index (χ3n) is 0.912. The van der Waals surface area contributed by atoms with Gasteiger partial charge in [0, 0.05) is 0 Å². The lowest BCUT2D eigenvalue weighted by Gasteiger charge is -2.00. The predicted molar refractivity (Wildman–Crippen MR) is 33.5 cm³/mol.